The lowest BCUT2D eigenvalue weighted by molar-refractivity contribution is 0.00473. The molecule has 1 unspecified atom stereocenters. The number of methoxy groups -OCH3 is 1. The molecular formula is C13H26O2. The van der Waals surface area contributed by atoms with Crippen molar-refractivity contribution in [1.29, 1.82) is 0 Å². The SMILES string of the molecule is CCCCC(COCCC=C(C)C)OC. The van der Waals surface area contributed by atoms with Gasteiger partial charge in [-0.15, -0.1) is 0 Å². The van der Waals surface area contributed by atoms with Gasteiger partial charge >= 0.3 is 0 Å². The zero-order chi connectivity index (χ0) is 11.5. The topological polar surface area (TPSA) is 18.5 Å². The minimum absolute atomic E-state index is 0.275. The fourth-order valence-corrected chi connectivity index (χ4v) is 1.35. The second-order valence-electron chi connectivity index (χ2n) is 4.15. The summed E-state index contributed by atoms with van der Waals surface area (Å²) >= 11 is 0. The van der Waals surface area contributed by atoms with Crippen molar-refractivity contribution in [1.82, 2.24) is 0 Å². The van der Waals surface area contributed by atoms with Crippen molar-refractivity contribution in [2.75, 3.05) is 20.3 Å². The normalized spacial score (nSPS) is 12.5. The largest absolute Gasteiger partial charge is 0.379 e. The Balaban J connectivity index is 3.41. The van der Waals surface area contributed by atoms with Crippen LogP contribution in [0.1, 0.15) is 46.5 Å². The van der Waals surface area contributed by atoms with Crippen LogP contribution in [0.3, 0.4) is 0 Å². The molecule has 0 bridgehead atoms. The fourth-order valence-electron chi connectivity index (χ4n) is 1.35. The van der Waals surface area contributed by atoms with E-state index in [2.05, 4.69) is 26.8 Å². The Bertz CT molecular complexity index is 160. The van der Waals surface area contributed by atoms with Crippen LogP contribution >= 0.6 is 0 Å². The molecule has 0 aliphatic heterocycles. The number of unbranched alkanes of at least 4 members (excludes halogenated alkanes) is 1. The van der Waals surface area contributed by atoms with Gasteiger partial charge in [0, 0.05) is 7.11 Å². The number of rotatable bonds is 9. The Hall–Kier alpha value is -0.340. The monoisotopic (exact) mass is 214 g/mol. The maximum atomic E-state index is 5.56. The minimum atomic E-state index is 0.275. The molecule has 0 aromatic carbocycles. The van der Waals surface area contributed by atoms with Crippen molar-refractivity contribution >= 4 is 0 Å². The summed E-state index contributed by atoms with van der Waals surface area (Å²) in [5.74, 6) is 0. The van der Waals surface area contributed by atoms with Gasteiger partial charge in [-0.1, -0.05) is 31.4 Å². The summed E-state index contributed by atoms with van der Waals surface area (Å²) in [5, 5.41) is 0. The average molecular weight is 214 g/mol. The molecule has 0 aliphatic carbocycles. The highest BCUT2D eigenvalue weighted by Crippen LogP contribution is 2.04. The highest BCUT2D eigenvalue weighted by molar-refractivity contribution is 4.92. The van der Waals surface area contributed by atoms with Crippen LogP contribution in [-0.4, -0.2) is 26.4 Å². The summed E-state index contributed by atoms with van der Waals surface area (Å²) in [6, 6.07) is 0. The predicted molar refractivity (Wildman–Crippen MR) is 65.2 cm³/mol. The minimum Gasteiger partial charge on any atom is -0.379 e. The quantitative estimate of drug-likeness (QED) is 0.431. The van der Waals surface area contributed by atoms with E-state index in [1.807, 2.05) is 0 Å². The van der Waals surface area contributed by atoms with E-state index >= 15 is 0 Å². The Morgan fingerprint density at radius 2 is 2.07 bits per heavy atom. The first-order valence-electron chi connectivity index (χ1n) is 5.94. The molecule has 0 saturated carbocycles. The smallest absolute Gasteiger partial charge is 0.0804 e. The molecule has 0 fully saturated rings. The average Bonchev–Trinajstić information content (AvgIpc) is 2.21. The molecule has 0 spiro atoms. The van der Waals surface area contributed by atoms with Gasteiger partial charge in [0.2, 0.25) is 0 Å². The molecule has 0 rings (SSSR count). The first-order valence-corrected chi connectivity index (χ1v) is 5.94. The maximum Gasteiger partial charge on any atom is 0.0804 e. The van der Waals surface area contributed by atoms with E-state index in [-0.39, 0.29) is 6.10 Å². The number of hydrogen-bond donors (Lipinski definition) is 0. The van der Waals surface area contributed by atoms with Crippen LogP contribution in [0.15, 0.2) is 11.6 Å². The molecule has 90 valence electrons. The lowest BCUT2D eigenvalue weighted by Crippen LogP contribution is -2.18. The summed E-state index contributed by atoms with van der Waals surface area (Å²) in [5.41, 5.74) is 1.35. The first-order chi connectivity index (χ1) is 7.20. The molecule has 0 aliphatic rings. The van der Waals surface area contributed by atoms with Crippen molar-refractivity contribution in [3.05, 3.63) is 11.6 Å². The van der Waals surface area contributed by atoms with E-state index in [1.165, 1.54) is 18.4 Å². The van der Waals surface area contributed by atoms with Gasteiger partial charge in [0.05, 0.1) is 19.3 Å². The zero-order valence-electron chi connectivity index (χ0n) is 10.7. The van der Waals surface area contributed by atoms with Crippen molar-refractivity contribution in [3.63, 3.8) is 0 Å². The van der Waals surface area contributed by atoms with Crippen LogP contribution < -0.4 is 0 Å². The van der Waals surface area contributed by atoms with Crippen molar-refractivity contribution in [2.45, 2.75) is 52.6 Å². The number of hydrogen-bond acceptors (Lipinski definition) is 2. The summed E-state index contributed by atoms with van der Waals surface area (Å²) in [6.07, 6.45) is 7.03. The third-order valence-electron chi connectivity index (χ3n) is 2.33. The molecule has 15 heavy (non-hydrogen) atoms. The third kappa shape index (κ3) is 9.95. The second kappa shape index (κ2) is 10.2. The molecular weight excluding hydrogens is 188 g/mol. The van der Waals surface area contributed by atoms with Crippen molar-refractivity contribution < 1.29 is 9.47 Å². The van der Waals surface area contributed by atoms with Gasteiger partial charge in [-0.05, 0) is 26.7 Å². The molecule has 0 aromatic heterocycles. The van der Waals surface area contributed by atoms with E-state index in [0.29, 0.717) is 0 Å². The van der Waals surface area contributed by atoms with E-state index in [0.717, 1.165) is 26.1 Å². The predicted octanol–water partition coefficient (Wildman–Crippen LogP) is 3.56. The van der Waals surface area contributed by atoms with Gasteiger partial charge in [-0.2, -0.15) is 0 Å². The first kappa shape index (κ1) is 14.7. The van der Waals surface area contributed by atoms with Crippen LogP contribution in [0.5, 0.6) is 0 Å². The zero-order valence-corrected chi connectivity index (χ0v) is 10.7. The van der Waals surface area contributed by atoms with Gasteiger partial charge in [-0.3, -0.25) is 0 Å². The Kier molecular flexibility index (Phi) is 9.96. The highest BCUT2D eigenvalue weighted by atomic mass is 16.5. The molecule has 0 aromatic rings. The number of allylic oxidation sites excluding steroid dienone is 1. The van der Waals surface area contributed by atoms with Gasteiger partial charge in [0.25, 0.3) is 0 Å². The van der Waals surface area contributed by atoms with Gasteiger partial charge < -0.3 is 9.47 Å². The lowest BCUT2D eigenvalue weighted by atomic mass is 10.2. The Labute approximate surface area is 94.7 Å². The second-order valence-corrected chi connectivity index (χ2v) is 4.15. The van der Waals surface area contributed by atoms with Gasteiger partial charge in [-0.25, -0.2) is 0 Å². The summed E-state index contributed by atoms with van der Waals surface area (Å²) in [6.45, 7) is 7.95. The molecule has 0 amide bonds. The third-order valence-corrected chi connectivity index (χ3v) is 2.33. The van der Waals surface area contributed by atoms with Crippen LogP contribution in [-0.2, 0) is 9.47 Å². The summed E-state index contributed by atoms with van der Waals surface area (Å²) in [7, 11) is 1.76. The van der Waals surface area contributed by atoms with E-state index in [4.69, 9.17) is 9.47 Å². The maximum absolute atomic E-state index is 5.56. The number of ether oxygens (including phenoxy) is 2. The van der Waals surface area contributed by atoms with Crippen LogP contribution in [0.25, 0.3) is 0 Å². The standard InChI is InChI=1S/C13H26O2/c1-5-6-9-13(14-4)11-15-10-7-8-12(2)3/h8,13H,5-7,9-11H2,1-4H3. The van der Waals surface area contributed by atoms with Gasteiger partial charge in [0.1, 0.15) is 0 Å². The van der Waals surface area contributed by atoms with Crippen LogP contribution in [0, 0.1) is 0 Å². The van der Waals surface area contributed by atoms with E-state index < -0.39 is 0 Å². The lowest BCUT2D eigenvalue weighted by Gasteiger charge is -2.14. The van der Waals surface area contributed by atoms with Crippen molar-refractivity contribution in [2.24, 2.45) is 0 Å². The van der Waals surface area contributed by atoms with E-state index in [1.54, 1.807) is 7.11 Å². The van der Waals surface area contributed by atoms with Crippen LogP contribution in [0.4, 0.5) is 0 Å². The highest BCUT2D eigenvalue weighted by Gasteiger charge is 2.05. The van der Waals surface area contributed by atoms with E-state index in [9.17, 15) is 0 Å². The molecule has 1 atom stereocenters. The Morgan fingerprint density at radius 1 is 1.33 bits per heavy atom. The van der Waals surface area contributed by atoms with Crippen molar-refractivity contribution in [3.8, 4) is 0 Å². The molecule has 0 heterocycles. The van der Waals surface area contributed by atoms with Gasteiger partial charge in [0.15, 0.2) is 0 Å². The molecule has 0 saturated heterocycles. The molecule has 0 radical (unpaired) electrons. The summed E-state index contributed by atoms with van der Waals surface area (Å²) < 4.78 is 10.9. The molecule has 2 nitrogen and oxygen atoms in total. The Morgan fingerprint density at radius 3 is 2.60 bits per heavy atom. The molecule has 0 N–H and O–H groups in total. The fraction of sp³-hybridized carbons (Fsp3) is 0.846. The van der Waals surface area contributed by atoms with Crippen LogP contribution in [0.2, 0.25) is 0 Å². The molecule has 2 heteroatoms. The summed E-state index contributed by atoms with van der Waals surface area (Å²) in [4.78, 5) is 0.